The highest BCUT2D eigenvalue weighted by Gasteiger charge is 2.34. The summed E-state index contributed by atoms with van der Waals surface area (Å²) in [6.45, 7) is 5.17. The molecule has 4 heteroatoms. The summed E-state index contributed by atoms with van der Waals surface area (Å²) in [6.07, 6.45) is 0.867. The van der Waals surface area contributed by atoms with Crippen molar-refractivity contribution in [2.24, 2.45) is 17.4 Å². The molecule has 1 aliphatic heterocycles. The maximum absolute atomic E-state index is 11.8. The molecule has 2 atom stereocenters. The van der Waals surface area contributed by atoms with Gasteiger partial charge in [-0.2, -0.15) is 0 Å². The molecule has 0 saturated carbocycles. The summed E-state index contributed by atoms with van der Waals surface area (Å²) in [4.78, 5) is 13.6. The normalized spacial score (nSPS) is 29.9. The van der Waals surface area contributed by atoms with Gasteiger partial charge < -0.3 is 16.4 Å². The zero-order chi connectivity index (χ0) is 10.0. The quantitative estimate of drug-likeness (QED) is 0.611. The lowest BCUT2D eigenvalue weighted by molar-refractivity contribution is -0.140. The Balaban J connectivity index is 2.69. The second-order valence-electron chi connectivity index (χ2n) is 3.92. The first-order chi connectivity index (χ1) is 6.07. The van der Waals surface area contributed by atoms with Crippen molar-refractivity contribution >= 4 is 5.91 Å². The van der Waals surface area contributed by atoms with Crippen LogP contribution in [-0.4, -0.2) is 36.0 Å². The number of nitrogens with two attached hydrogens (primary N) is 2. The van der Waals surface area contributed by atoms with Gasteiger partial charge in [-0.15, -0.1) is 0 Å². The molecule has 0 aromatic carbocycles. The molecule has 1 heterocycles. The molecule has 76 valence electrons. The largest absolute Gasteiger partial charge is 0.340 e. The first-order valence-corrected chi connectivity index (χ1v) is 4.84. The summed E-state index contributed by atoms with van der Waals surface area (Å²) in [5, 5.41) is 0. The number of piperidine rings is 1. The molecule has 0 bridgehead atoms. The predicted molar refractivity (Wildman–Crippen MR) is 52.0 cm³/mol. The van der Waals surface area contributed by atoms with Gasteiger partial charge in [0, 0.05) is 25.2 Å². The topological polar surface area (TPSA) is 72.3 Å². The third-order valence-corrected chi connectivity index (χ3v) is 2.70. The van der Waals surface area contributed by atoms with Gasteiger partial charge >= 0.3 is 0 Å². The standard InChI is InChI=1S/C9H19N3O/c1-6(2)12-4-3-8(11)7(5-10)9(12)13/h6-8H,3-5,10-11H2,1-2H3. The number of carbonyl (C=O) groups excluding carboxylic acids is 1. The molecular formula is C9H19N3O. The van der Waals surface area contributed by atoms with Gasteiger partial charge in [-0.3, -0.25) is 4.79 Å². The molecule has 1 rings (SSSR count). The van der Waals surface area contributed by atoms with Gasteiger partial charge in [0.15, 0.2) is 0 Å². The van der Waals surface area contributed by atoms with Gasteiger partial charge in [-0.1, -0.05) is 0 Å². The van der Waals surface area contributed by atoms with Crippen LogP contribution in [0.15, 0.2) is 0 Å². The van der Waals surface area contributed by atoms with Crippen molar-refractivity contribution < 1.29 is 4.79 Å². The van der Waals surface area contributed by atoms with E-state index in [1.807, 2.05) is 18.7 Å². The summed E-state index contributed by atoms with van der Waals surface area (Å²) in [5.74, 6) is -0.0487. The highest BCUT2D eigenvalue weighted by Crippen LogP contribution is 2.18. The second-order valence-corrected chi connectivity index (χ2v) is 3.92. The average molecular weight is 185 g/mol. The fourth-order valence-corrected chi connectivity index (χ4v) is 1.78. The van der Waals surface area contributed by atoms with E-state index in [0.29, 0.717) is 6.54 Å². The molecule has 1 aliphatic rings. The average Bonchev–Trinajstić information content (AvgIpc) is 2.04. The minimum absolute atomic E-state index is 0.0486. The number of hydrogen-bond acceptors (Lipinski definition) is 3. The van der Waals surface area contributed by atoms with E-state index in [9.17, 15) is 4.79 Å². The molecule has 1 saturated heterocycles. The molecule has 1 fully saturated rings. The minimum Gasteiger partial charge on any atom is -0.340 e. The Hall–Kier alpha value is -0.610. The highest BCUT2D eigenvalue weighted by molar-refractivity contribution is 5.81. The Kier molecular flexibility index (Phi) is 3.27. The fourth-order valence-electron chi connectivity index (χ4n) is 1.78. The molecule has 4 nitrogen and oxygen atoms in total. The fraction of sp³-hybridized carbons (Fsp3) is 0.889. The van der Waals surface area contributed by atoms with E-state index >= 15 is 0 Å². The van der Waals surface area contributed by atoms with Gasteiger partial charge in [0.05, 0.1) is 5.92 Å². The van der Waals surface area contributed by atoms with Gasteiger partial charge in [-0.05, 0) is 20.3 Å². The van der Waals surface area contributed by atoms with E-state index in [1.54, 1.807) is 0 Å². The summed E-state index contributed by atoms with van der Waals surface area (Å²) in [5.41, 5.74) is 11.3. The number of likely N-dealkylation sites (tertiary alicyclic amines) is 1. The number of nitrogens with zero attached hydrogens (tertiary/aromatic N) is 1. The number of hydrogen-bond donors (Lipinski definition) is 2. The lowest BCUT2D eigenvalue weighted by Crippen LogP contribution is -2.55. The molecule has 0 aliphatic carbocycles. The van der Waals surface area contributed by atoms with E-state index in [4.69, 9.17) is 11.5 Å². The third-order valence-electron chi connectivity index (χ3n) is 2.70. The Bertz CT molecular complexity index is 189. The van der Waals surface area contributed by atoms with E-state index in [1.165, 1.54) is 0 Å². The molecule has 1 amide bonds. The zero-order valence-corrected chi connectivity index (χ0v) is 8.36. The molecule has 0 aromatic heterocycles. The van der Waals surface area contributed by atoms with E-state index in [2.05, 4.69) is 0 Å². The van der Waals surface area contributed by atoms with Crippen LogP contribution in [0.1, 0.15) is 20.3 Å². The van der Waals surface area contributed by atoms with Crippen molar-refractivity contribution in [1.82, 2.24) is 4.90 Å². The van der Waals surface area contributed by atoms with E-state index < -0.39 is 0 Å². The lowest BCUT2D eigenvalue weighted by Gasteiger charge is -2.38. The number of rotatable bonds is 2. The third kappa shape index (κ3) is 2.00. The summed E-state index contributed by atoms with van der Waals surface area (Å²) < 4.78 is 0. The van der Waals surface area contributed by atoms with E-state index in [0.717, 1.165) is 13.0 Å². The molecule has 0 radical (unpaired) electrons. The van der Waals surface area contributed by atoms with Crippen LogP contribution < -0.4 is 11.5 Å². The van der Waals surface area contributed by atoms with Crippen molar-refractivity contribution in [1.29, 1.82) is 0 Å². The number of carbonyl (C=O) groups is 1. The molecule has 4 N–H and O–H groups in total. The zero-order valence-electron chi connectivity index (χ0n) is 8.36. The first kappa shape index (κ1) is 10.5. The Morgan fingerprint density at radius 2 is 2.23 bits per heavy atom. The van der Waals surface area contributed by atoms with Gasteiger partial charge in [0.2, 0.25) is 5.91 Å². The van der Waals surface area contributed by atoms with Crippen molar-refractivity contribution in [3.05, 3.63) is 0 Å². The van der Waals surface area contributed by atoms with E-state index in [-0.39, 0.29) is 23.9 Å². The van der Waals surface area contributed by atoms with Crippen molar-refractivity contribution in [3.63, 3.8) is 0 Å². The van der Waals surface area contributed by atoms with Crippen molar-refractivity contribution in [3.8, 4) is 0 Å². The van der Waals surface area contributed by atoms with Crippen LogP contribution in [-0.2, 0) is 4.79 Å². The van der Waals surface area contributed by atoms with Gasteiger partial charge in [-0.25, -0.2) is 0 Å². The maximum Gasteiger partial charge on any atom is 0.228 e. The van der Waals surface area contributed by atoms with Crippen molar-refractivity contribution in [2.75, 3.05) is 13.1 Å². The summed E-state index contributed by atoms with van der Waals surface area (Å²) >= 11 is 0. The van der Waals surface area contributed by atoms with Crippen LogP contribution in [0.25, 0.3) is 0 Å². The maximum atomic E-state index is 11.8. The Labute approximate surface area is 79.3 Å². The van der Waals surface area contributed by atoms with Gasteiger partial charge in [0.1, 0.15) is 0 Å². The monoisotopic (exact) mass is 185 g/mol. The summed E-state index contributed by atoms with van der Waals surface area (Å²) in [6, 6.07) is 0.210. The van der Waals surface area contributed by atoms with Crippen LogP contribution in [0, 0.1) is 5.92 Å². The first-order valence-electron chi connectivity index (χ1n) is 4.84. The smallest absolute Gasteiger partial charge is 0.228 e. The highest BCUT2D eigenvalue weighted by atomic mass is 16.2. The Morgan fingerprint density at radius 3 is 2.69 bits per heavy atom. The molecular weight excluding hydrogens is 166 g/mol. The van der Waals surface area contributed by atoms with Crippen LogP contribution >= 0.6 is 0 Å². The lowest BCUT2D eigenvalue weighted by atomic mass is 9.91. The molecule has 2 unspecified atom stereocenters. The SMILES string of the molecule is CC(C)N1CCC(N)C(CN)C1=O. The van der Waals surface area contributed by atoms with Crippen LogP contribution in [0.4, 0.5) is 0 Å². The van der Waals surface area contributed by atoms with Gasteiger partial charge in [0.25, 0.3) is 0 Å². The van der Waals surface area contributed by atoms with Crippen LogP contribution in [0.5, 0.6) is 0 Å². The second kappa shape index (κ2) is 4.07. The molecule has 13 heavy (non-hydrogen) atoms. The molecule has 0 spiro atoms. The summed E-state index contributed by atoms with van der Waals surface area (Å²) in [7, 11) is 0. The minimum atomic E-state index is -0.170. The predicted octanol–water partition coefficient (Wildman–Crippen LogP) is -0.471. The van der Waals surface area contributed by atoms with Crippen LogP contribution in [0.2, 0.25) is 0 Å². The van der Waals surface area contributed by atoms with Crippen LogP contribution in [0.3, 0.4) is 0 Å². The number of amides is 1. The van der Waals surface area contributed by atoms with Crippen molar-refractivity contribution in [2.45, 2.75) is 32.4 Å². The molecule has 0 aromatic rings. The Morgan fingerprint density at radius 1 is 1.62 bits per heavy atom.